The van der Waals surface area contributed by atoms with E-state index in [4.69, 9.17) is 10.00 Å². The van der Waals surface area contributed by atoms with Crippen molar-refractivity contribution in [3.8, 4) is 6.07 Å². The van der Waals surface area contributed by atoms with Crippen LogP contribution in [0.1, 0.15) is 20.8 Å². The number of likely N-dealkylation sites (N-methyl/N-ethyl adjacent to an activating group) is 1. The minimum absolute atomic E-state index is 0.249. The zero-order valence-corrected chi connectivity index (χ0v) is 10.4. The Bertz CT molecular complexity index is 321. The molecule has 0 N–H and O–H groups in total. The van der Waals surface area contributed by atoms with Gasteiger partial charge in [0.1, 0.15) is 0 Å². The molecule has 0 radical (unpaired) electrons. The Kier molecular flexibility index (Phi) is 5.80. The van der Waals surface area contributed by atoms with Gasteiger partial charge >= 0.3 is 0 Å². The summed E-state index contributed by atoms with van der Waals surface area (Å²) in [7, 11) is -2.01. The highest BCUT2D eigenvalue weighted by molar-refractivity contribution is 7.90. The standard InChI is InChI=1S/C9H18N2O3S/c1-5-11(8(2)7-14-4)15(12,13)9(3)6-10/h8-9H,5,7H2,1-4H3. The molecule has 0 aromatic carbocycles. The first-order valence-electron chi connectivity index (χ1n) is 4.81. The van der Waals surface area contributed by atoms with Crippen LogP contribution in [0.2, 0.25) is 0 Å². The summed E-state index contributed by atoms with van der Waals surface area (Å²) >= 11 is 0. The minimum atomic E-state index is -3.53. The number of hydrogen-bond donors (Lipinski definition) is 0. The molecular formula is C9H18N2O3S. The van der Waals surface area contributed by atoms with Crippen LogP contribution >= 0.6 is 0 Å². The highest BCUT2D eigenvalue weighted by Gasteiger charge is 2.31. The lowest BCUT2D eigenvalue weighted by Crippen LogP contribution is -2.44. The Hall–Kier alpha value is -0.640. The Morgan fingerprint density at radius 3 is 2.33 bits per heavy atom. The van der Waals surface area contributed by atoms with Gasteiger partial charge in [0.2, 0.25) is 10.0 Å². The zero-order valence-electron chi connectivity index (χ0n) is 9.60. The molecule has 2 unspecified atom stereocenters. The van der Waals surface area contributed by atoms with E-state index in [2.05, 4.69) is 0 Å². The maximum atomic E-state index is 11.9. The molecule has 0 saturated heterocycles. The Morgan fingerprint density at radius 1 is 1.47 bits per heavy atom. The van der Waals surface area contributed by atoms with E-state index in [1.165, 1.54) is 18.3 Å². The molecule has 0 saturated carbocycles. The van der Waals surface area contributed by atoms with Crippen LogP contribution in [0, 0.1) is 11.3 Å². The van der Waals surface area contributed by atoms with Crippen molar-refractivity contribution in [2.24, 2.45) is 0 Å². The summed E-state index contributed by atoms with van der Waals surface area (Å²) < 4.78 is 29.9. The molecule has 0 spiro atoms. The van der Waals surface area contributed by atoms with Gasteiger partial charge < -0.3 is 4.74 Å². The van der Waals surface area contributed by atoms with Crippen molar-refractivity contribution in [1.29, 1.82) is 5.26 Å². The van der Waals surface area contributed by atoms with Crippen LogP contribution in [0.3, 0.4) is 0 Å². The summed E-state index contributed by atoms with van der Waals surface area (Å²) in [4.78, 5) is 0. The Balaban J connectivity index is 4.90. The molecule has 0 fully saturated rings. The fourth-order valence-electron chi connectivity index (χ4n) is 1.34. The summed E-state index contributed by atoms with van der Waals surface area (Å²) in [6.45, 7) is 5.56. The first-order valence-corrected chi connectivity index (χ1v) is 6.31. The molecule has 0 aromatic rings. The normalized spacial score (nSPS) is 16.0. The molecule has 6 heteroatoms. The fraction of sp³-hybridized carbons (Fsp3) is 0.889. The molecule has 15 heavy (non-hydrogen) atoms. The number of nitrogens with zero attached hydrogens (tertiary/aromatic N) is 2. The molecule has 5 nitrogen and oxygen atoms in total. The third-order valence-corrected chi connectivity index (χ3v) is 4.44. The van der Waals surface area contributed by atoms with Crippen molar-refractivity contribution in [3.63, 3.8) is 0 Å². The van der Waals surface area contributed by atoms with E-state index >= 15 is 0 Å². The lowest BCUT2D eigenvalue weighted by molar-refractivity contribution is 0.142. The first kappa shape index (κ1) is 14.4. The van der Waals surface area contributed by atoms with Crippen LogP contribution in [-0.2, 0) is 14.8 Å². The van der Waals surface area contributed by atoms with Crippen LogP contribution in [0.4, 0.5) is 0 Å². The molecule has 2 atom stereocenters. The molecule has 0 aromatic heterocycles. The van der Waals surface area contributed by atoms with Gasteiger partial charge in [0.25, 0.3) is 0 Å². The van der Waals surface area contributed by atoms with Gasteiger partial charge in [-0.2, -0.15) is 9.57 Å². The van der Waals surface area contributed by atoms with E-state index in [1.807, 2.05) is 0 Å². The van der Waals surface area contributed by atoms with Gasteiger partial charge in [-0.15, -0.1) is 0 Å². The topological polar surface area (TPSA) is 70.4 Å². The second kappa shape index (κ2) is 6.05. The lowest BCUT2D eigenvalue weighted by atomic mass is 10.4. The average molecular weight is 234 g/mol. The minimum Gasteiger partial charge on any atom is -0.383 e. The van der Waals surface area contributed by atoms with Crippen LogP contribution < -0.4 is 0 Å². The molecular weight excluding hydrogens is 216 g/mol. The summed E-state index contributed by atoms with van der Waals surface area (Å²) in [5, 5.41) is 7.62. The van der Waals surface area contributed by atoms with Gasteiger partial charge in [0.05, 0.1) is 12.7 Å². The average Bonchev–Trinajstić information content (AvgIpc) is 2.17. The number of sulfonamides is 1. The second-order valence-corrected chi connectivity index (χ2v) is 5.53. The van der Waals surface area contributed by atoms with Crippen molar-refractivity contribution in [2.75, 3.05) is 20.3 Å². The number of ether oxygens (including phenoxy) is 1. The number of methoxy groups -OCH3 is 1. The van der Waals surface area contributed by atoms with Gasteiger partial charge in [-0.25, -0.2) is 8.42 Å². The Labute approximate surface area is 91.7 Å². The smallest absolute Gasteiger partial charge is 0.230 e. The Morgan fingerprint density at radius 2 is 2.00 bits per heavy atom. The summed E-state index contributed by atoms with van der Waals surface area (Å²) in [6.07, 6.45) is 0. The molecule has 0 heterocycles. The van der Waals surface area contributed by atoms with Crippen LogP contribution in [0.15, 0.2) is 0 Å². The van der Waals surface area contributed by atoms with E-state index < -0.39 is 15.3 Å². The van der Waals surface area contributed by atoms with E-state index in [1.54, 1.807) is 19.9 Å². The van der Waals surface area contributed by atoms with Crippen molar-refractivity contribution in [1.82, 2.24) is 4.31 Å². The van der Waals surface area contributed by atoms with Gasteiger partial charge in [-0.1, -0.05) is 6.92 Å². The van der Waals surface area contributed by atoms with E-state index in [9.17, 15) is 8.42 Å². The molecule has 0 aliphatic carbocycles. The summed E-state index contributed by atoms with van der Waals surface area (Å²) in [5.74, 6) is 0. The lowest BCUT2D eigenvalue weighted by Gasteiger charge is -2.27. The van der Waals surface area contributed by atoms with Gasteiger partial charge in [-0.3, -0.25) is 0 Å². The SMILES string of the molecule is CCN(C(C)COC)S(=O)(=O)C(C)C#N. The van der Waals surface area contributed by atoms with E-state index in [0.29, 0.717) is 13.2 Å². The monoisotopic (exact) mass is 234 g/mol. The number of hydrogen-bond acceptors (Lipinski definition) is 4. The quantitative estimate of drug-likeness (QED) is 0.674. The van der Waals surface area contributed by atoms with Gasteiger partial charge in [-0.05, 0) is 13.8 Å². The highest BCUT2D eigenvalue weighted by atomic mass is 32.2. The van der Waals surface area contributed by atoms with Crippen molar-refractivity contribution < 1.29 is 13.2 Å². The van der Waals surface area contributed by atoms with Gasteiger partial charge in [0.15, 0.2) is 5.25 Å². The van der Waals surface area contributed by atoms with Crippen LogP contribution in [-0.4, -0.2) is 44.3 Å². The number of nitriles is 1. The molecule has 0 aliphatic heterocycles. The van der Waals surface area contributed by atoms with Crippen molar-refractivity contribution >= 4 is 10.0 Å². The predicted molar refractivity (Wildman–Crippen MR) is 57.7 cm³/mol. The molecule has 0 bridgehead atoms. The third-order valence-electron chi connectivity index (χ3n) is 2.17. The molecule has 88 valence electrons. The fourth-order valence-corrected chi connectivity index (χ4v) is 2.80. The maximum absolute atomic E-state index is 11.9. The molecule has 0 amide bonds. The first-order chi connectivity index (χ1) is 6.91. The zero-order chi connectivity index (χ0) is 12.1. The van der Waals surface area contributed by atoms with E-state index in [0.717, 1.165) is 0 Å². The highest BCUT2D eigenvalue weighted by Crippen LogP contribution is 2.12. The van der Waals surface area contributed by atoms with Crippen LogP contribution in [0.25, 0.3) is 0 Å². The van der Waals surface area contributed by atoms with Crippen molar-refractivity contribution in [3.05, 3.63) is 0 Å². The number of rotatable bonds is 6. The largest absolute Gasteiger partial charge is 0.383 e. The van der Waals surface area contributed by atoms with E-state index in [-0.39, 0.29) is 6.04 Å². The maximum Gasteiger partial charge on any atom is 0.230 e. The van der Waals surface area contributed by atoms with Crippen molar-refractivity contribution in [2.45, 2.75) is 32.1 Å². The van der Waals surface area contributed by atoms with Crippen LogP contribution in [0.5, 0.6) is 0 Å². The molecule has 0 rings (SSSR count). The predicted octanol–water partition coefficient (Wildman–Crippen LogP) is 0.585. The third kappa shape index (κ3) is 3.45. The van der Waals surface area contributed by atoms with Gasteiger partial charge in [0, 0.05) is 19.7 Å². The second-order valence-electron chi connectivity index (χ2n) is 3.32. The summed E-state index contributed by atoms with van der Waals surface area (Å²) in [6, 6.07) is 1.50. The summed E-state index contributed by atoms with van der Waals surface area (Å²) in [5.41, 5.74) is 0. The molecule has 0 aliphatic rings.